The first-order valence-electron chi connectivity index (χ1n) is 8.35. The Kier molecular flexibility index (Phi) is 7.62. The minimum absolute atomic E-state index is 0.558. The Balaban J connectivity index is 1.64. The van der Waals surface area contributed by atoms with Gasteiger partial charge in [0.2, 0.25) is 0 Å². The second-order valence-electron chi connectivity index (χ2n) is 6.10. The number of thioether (sulfide) groups is 1. The topological polar surface area (TPSA) is 21.3 Å². The quantitative estimate of drug-likeness (QED) is 0.692. The van der Waals surface area contributed by atoms with Gasteiger partial charge in [-0.15, -0.1) is 0 Å². The molecule has 2 aliphatic rings. The molecule has 0 aromatic heterocycles. The monoisotopic (exact) mass is 285 g/mol. The van der Waals surface area contributed by atoms with Crippen molar-refractivity contribution in [1.29, 1.82) is 0 Å². The van der Waals surface area contributed by atoms with Gasteiger partial charge in [0, 0.05) is 23.7 Å². The molecular formula is C16H31NOS. The normalized spacial score (nSPS) is 26.1. The Labute approximate surface area is 123 Å². The van der Waals surface area contributed by atoms with Crippen LogP contribution >= 0.6 is 11.8 Å². The number of hydrogen-bond acceptors (Lipinski definition) is 3. The summed E-state index contributed by atoms with van der Waals surface area (Å²) in [4.78, 5) is 0. The van der Waals surface area contributed by atoms with Gasteiger partial charge in [-0.05, 0) is 51.5 Å². The SMILES string of the molecule is CCCNC(CCC1CCCO1)CSC1CCCC1. The van der Waals surface area contributed by atoms with Gasteiger partial charge in [0.05, 0.1) is 6.10 Å². The van der Waals surface area contributed by atoms with Gasteiger partial charge in [0.1, 0.15) is 0 Å². The molecule has 2 nitrogen and oxygen atoms in total. The van der Waals surface area contributed by atoms with Crippen molar-refractivity contribution >= 4 is 11.8 Å². The molecule has 1 aliphatic heterocycles. The molecule has 2 fully saturated rings. The summed E-state index contributed by atoms with van der Waals surface area (Å²) in [7, 11) is 0. The summed E-state index contributed by atoms with van der Waals surface area (Å²) >= 11 is 2.22. The molecule has 2 atom stereocenters. The van der Waals surface area contributed by atoms with Gasteiger partial charge in [-0.3, -0.25) is 0 Å². The average molecular weight is 285 g/mol. The Morgan fingerprint density at radius 2 is 2.05 bits per heavy atom. The highest BCUT2D eigenvalue weighted by Crippen LogP contribution is 2.30. The lowest BCUT2D eigenvalue weighted by Crippen LogP contribution is -2.33. The molecule has 0 aromatic carbocycles. The summed E-state index contributed by atoms with van der Waals surface area (Å²) in [6.07, 6.45) is 12.7. The zero-order chi connectivity index (χ0) is 13.3. The number of ether oxygens (including phenoxy) is 1. The van der Waals surface area contributed by atoms with Crippen LogP contribution in [0.1, 0.15) is 64.7 Å². The van der Waals surface area contributed by atoms with Crippen molar-refractivity contribution in [1.82, 2.24) is 5.32 Å². The van der Waals surface area contributed by atoms with Crippen LogP contribution in [0.25, 0.3) is 0 Å². The fourth-order valence-electron chi connectivity index (χ4n) is 3.16. The fourth-order valence-corrected chi connectivity index (χ4v) is 4.61. The lowest BCUT2D eigenvalue weighted by molar-refractivity contribution is 0.100. The van der Waals surface area contributed by atoms with Crippen molar-refractivity contribution < 1.29 is 4.74 Å². The molecule has 2 unspecified atom stereocenters. The van der Waals surface area contributed by atoms with Gasteiger partial charge >= 0.3 is 0 Å². The van der Waals surface area contributed by atoms with Gasteiger partial charge < -0.3 is 10.1 Å². The third kappa shape index (κ3) is 6.05. The summed E-state index contributed by atoms with van der Waals surface area (Å²) in [6.45, 7) is 4.42. The maximum absolute atomic E-state index is 5.75. The standard InChI is InChI=1S/C16H31NOS/c1-2-11-17-14(9-10-15-6-5-12-18-15)13-19-16-7-3-4-8-16/h14-17H,2-13H2,1H3. The van der Waals surface area contributed by atoms with Crippen LogP contribution in [-0.2, 0) is 4.74 Å². The molecule has 3 heteroatoms. The minimum atomic E-state index is 0.558. The first-order chi connectivity index (χ1) is 9.38. The molecule has 1 saturated carbocycles. The van der Waals surface area contributed by atoms with Crippen LogP contribution in [0.3, 0.4) is 0 Å². The summed E-state index contributed by atoms with van der Waals surface area (Å²) < 4.78 is 5.75. The van der Waals surface area contributed by atoms with E-state index in [1.807, 2.05) is 0 Å². The van der Waals surface area contributed by atoms with Crippen molar-refractivity contribution in [3.8, 4) is 0 Å². The Bertz CT molecular complexity index is 205. The molecule has 1 N–H and O–H groups in total. The second kappa shape index (κ2) is 9.25. The molecule has 2 rings (SSSR count). The van der Waals surface area contributed by atoms with E-state index in [2.05, 4.69) is 24.0 Å². The Morgan fingerprint density at radius 3 is 2.74 bits per heavy atom. The zero-order valence-electron chi connectivity index (χ0n) is 12.5. The summed E-state index contributed by atoms with van der Waals surface area (Å²) in [5.41, 5.74) is 0. The van der Waals surface area contributed by atoms with Crippen LogP contribution < -0.4 is 5.32 Å². The van der Waals surface area contributed by atoms with E-state index >= 15 is 0 Å². The van der Waals surface area contributed by atoms with Crippen LogP contribution in [0, 0.1) is 0 Å². The number of nitrogens with one attached hydrogen (secondary N) is 1. The maximum atomic E-state index is 5.75. The van der Waals surface area contributed by atoms with Crippen LogP contribution in [0.4, 0.5) is 0 Å². The highest BCUT2D eigenvalue weighted by molar-refractivity contribution is 7.99. The molecule has 0 radical (unpaired) electrons. The smallest absolute Gasteiger partial charge is 0.0576 e. The van der Waals surface area contributed by atoms with E-state index in [4.69, 9.17) is 4.74 Å². The van der Waals surface area contributed by atoms with Crippen LogP contribution in [-0.4, -0.2) is 36.3 Å². The highest BCUT2D eigenvalue weighted by atomic mass is 32.2. The molecule has 0 amide bonds. The maximum Gasteiger partial charge on any atom is 0.0576 e. The summed E-state index contributed by atoms with van der Waals surface area (Å²) in [5, 5.41) is 4.69. The van der Waals surface area contributed by atoms with Crippen LogP contribution in [0.15, 0.2) is 0 Å². The lowest BCUT2D eigenvalue weighted by Gasteiger charge is -2.21. The molecule has 1 aliphatic carbocycles. The van der Waals surface area contributed by atoms with Gasteiger partial charge in [-0.1, -0.05) is 19.8 Å². The Hall–Kier alpha value is 0.270. The van der Waals surface area contributed by atoms with Crippen molar-refractivity contribution in [2.75, 3.05) is 18.9 Å². The first kappa shape index (κ1) is 15.7. The van der Waals surface area contributed by atoms with Crippen LogP contribution in [0.2, 0.25) is 0 Å². The van der Waals surface area contributed by atoms with Crippen molar-refractivity contribution in [2.45, 2.75) is 82.1 Å². The fraction of sp³-hybridized carbons (Fsp3) is 1.00. The summed E-state index contributed by atoms with van der Waals surface area (Å²) in [6, 6.07) is 0.703. The second-order valence-corrected chi connectivity index (χ2v) is 7.44. The van der Waals surface area contributed by atoms with Gasteiger partial charge in [0.25, 0.3) is 0 Å². The largest absolute Gasteiger partial charge is 0.378 e. The molecule has 19 heavy (non-hydrogen) atoms. The van der Waals surface area contributed by atoms with Crippen molar-refractivity contribution in [3.63, 3.8) is 0 Å². The third-order valence-electron chi connectivity index (χ3n) is 4.38. The van der Waals surface area contributed by atoms with Gasteiger partial charge in [0.15, 0.2) is 0 Å². The van der Waals surface area contributed by atoms with Gasteiger partial charge in [-0.25, -0.2) is 0 Å². The molecule has 1 heterocycles. The predicted octanol–water partition coefficient (Wildman–Crippen LogP) is 3.99. The lowest BCUT2D eigenvalue weighted by atomic mass is 10.1. The molecule has 0 spiro atoms. The molecular weight excluding hydrogens is 254 g/mol. The number of hydrogen-bond donors (Lipinski definition) is 1. The minimum Gasteiger partial charge on any atom is -0.378 e. The summed E-state index contributed by atoms with van der Waals surface area (Å²) in [5.74, 6) is 1.30. The molecule has 1 saturated heterocycles. The van der Waals surface area contributed by atoms with Crippen LogP contribution in [0.5, 0.6) is 0 Å². The van der Waals surface area contributed by atoms with E-state index in [-0.39, 0.29) is 0 Å². The van der Waals surface area contributed by atoms with E-state index in [1.165, 1.54) is 70.1 Å². The number of rotatable bonds is 9. The van der Waals surface area contributed by atoms with Crippen molar-refractivity contribution in [3.05, 3.63) is 0 Å². The van der Waals surface area contributed by atoms with E-state index in [0.29, 0.717) is 12.1 Å². The van der Waals surface area contributed by atoms with E-state index < -0.39 is 0 Å². The van der Waals surface area contributed by atoms with Gasteiger partial charge in [-0.2, -0.15) is 11.8 Å². The van der Waals surface area contributed by atoms with E-state index in [0.717, 1.165) is 11.9 Å². The van der Waals surface area contributed by atoms with E-state index in [9.17, 15) is 0 Å². The highest BCUT2D eigenvalue weighted by Gasteiger charge is 2.20. The molecule has 0 bridgehead atoms. The third-order valence-corrected chi connectivity index (χ3v) is 5.92. The predicted molar refractivity (Wildman–Crippen MR) is 85.0 cm³/mol. The Morgan fingerprint density at radius 1 is 1.21 bits per heavy atom. The zero-order valence-corrected chi connectivity index (χ0v) is 13.4. The van der Waals surface area contributed by atoms with E-state index in [1.54, 1.807) is 0 Å². The average Bonchev–Trinajstić information content (AvgIpc) is 3.11. The van der Waals surface area contributed by atoms with Crippen molar-refractivity contribution in [2.24, 2.45) is 0 Å². The first-order valence-corrected chi connectivity index (χ1v) is 9.40. The molecule has 0 aromatic rings. The molecule has 112 valence electrons.